The van der Waals surface area contributed by atoms with Crippen LogP contribution in [0.3, 0.4) is 0 Å². The molecule has 1 rings (SSSR count). The summed E-state index contributed by atoms with van der Waals surface area (Å²) in [5, 5.41) is 11.1. The zero-order chi connectivity index (χ0) is 15.3. The van der Waals surface area contributed by atoms with E-state index in [9.17, 15) is 9.59 Å². The molecule has 1 aromatic heterocycles. The van der Waals surface area contributed by atoms with Crippen molar-refractivity contribution in [1.82, 2.24) is 4.98 Å². The van der Waals surface area contributed by atoms with Crippen LogP contribution >= 0.6 is 0 Å². The number of aromatic nitrogens is 1. The lowest BCUT2D eigenvalue weighted by Gasteiger charge is -2.18. The normalized spacial score (nSPS) is 11.3. The van der Waals surface area contributed by atoms with Gasteiger partial charge in [0.2, 0.25) is 0 Å². The Kier molecular flexibility index (Phi) is 4.63. The van der Waals surface area contributed by atoms with Crippen LogP contribution in [-0.4, -0.2) is 34.1 Å². The minimum absolute atomic E-state index is 0.0917. The number of pyridine rings is 1. The van der Waals surface area contributed by atoms with Crippen LogP contribution in [0.1, 0.15) is 36.8 Å². The van der Waals surface area contributed by atoms with Crippen molar-refractivity contribution in [3.8, 4) is 0 Å². The van der Waals surface area contributed by atoms with Gasteiger partial charge in [0, 0.05) is 0 Å². The summed E-state index contributed by atoms with van der Waals surface area (Å²) in [6, 6.07) is 2.67. The molecule has 0 spiro atoms. The highest BCUT2D eigenvalue weighted by atomic mass is 16.7. The quantitative estimate of drug-likeness (QED) is 0.277. The lowest BCUT2D eigenvalue weighted by Crippen LogP contribution is -2.26. The maximum Gasteiger partial charge on any atom is 0.516 e. The molecule has 1 aromatic rings. The van der Waals surface area contributed by atoms with E-state index in [4.69, 9.17) is 15.7 Å². The van der Waals surface area contributed by atoms with Crippen molar-refractivity contribution in [3.63, 3.8) is 0 Å². The van der Waals surface area contributed by atoms with E-state index in [1.807, 2.05) is 0 Å². The molecule has 3 N–H and O–H groups in total. The predicted molar refractivity (Wildman–Crippen MR) is 69.7 cm³/mol. The Morgan fingerprint density at radius 1 is 1.40 bits per heavy atom. The Hall–Kier alpha value is -2.64. The van der Waals surface area contributed by atoms with Crippen LogP contribution in [0.2, 0.25) is 0 Å². The van der Waals surface area contributed by atoms with Gasteiger partial charge in [0.25, 0.3) is 0 Å². The van der Waals surface area contributed by atoms with Gasteiger partial charge >= 0.3 is 12.1 Å². The van der Waals surface area contributed by atoms with E-state index in [1.165, 1.54) is 12.1 Å². The van der Waals surface area contributed by atoms with E-state index < -0.39 is 17.7 Å². The Labute approximate surface area is 115 Å². The average molecular weight is 281 g/mol. The molecule has 0 atom stereocenters. The highest BCUT2D eigenvalue weighted by Gasteiger charge is 2.22. The molecule has 0 amide bonds. The van der Waals surface area contributed by atoms with Crippen LogP contribution < -0.4 is 5.73 Å². The molecular formula is C12H15N3O5. The van der Waals surface area contributed by atoms with Crippen molar-refractivity contribution < 1.29 is 24.3 Å². The number of nitrogens with zero attached hydrogens (tertiary/aromatic N) is 2. The van der Waals surface area contributed by atoms with Gasteiger partial charge in [-0.3, -0.25) is 0 Å². The summed E-state index contributed by atoms with van der Waals surface area (Å²) in [5.74, 6) is -1.13. The predicted octanol–water partition coefficient (Wildman–Crippen LogP) is 1.56. The number of carbonyl (C=O) groups is 2. The summed E-state index contributed by atoms with van der Waals surface area (Å²) in [4.78, 5) is 26.8. The molecule has 0 aliphatic rings. The number of nitrogen functional groups attached to an aromatic ring is 1. The standard InChI is InChI=1S/C12H15N3O5/c1-12(2,3)20-11(17)19-10(16)8-5-4-7(6-14-18)15-9(8)13/h4-6,18H,1-3H3,(H2,13,15). The molecule has 0 saturated carbocycles. The van der Waals surface area contributed by atoms with Gasteiger partial charge in [0.05, 0.1) is 11.9 Å². The van der Waals surface area contributed by atoms with Gasteiger partial charge in [0.1, 0.15) is 17.0 Å². The number of rotatable bonds is 2. The van der Waals surface area contributed by atoms with E-state index >= 15 is 0 Å². The summed E-state index contributed by atoms with van der Waals surface area (Å²) in [5.41, 5.74) is 4.93. The first-order valence-corrected chi connectivity index (χ1v) is 5.62. The number of hydrogen-bond acceptors (Lipinski definition) is 8. The molecule has 0 bridgehead atoms. The SMILES string of the molecule is CC(C)(C)OC(=O)OC(=O)c1ccc(C=NO)nc1N. The number of nitrogens with two attached hydrogens (primary N) is 1. The first-order chi connectivity index (χ1) is 9.23. The van der Waals surface area contributed by atoms with Crippen molar-refractivity contribution in [2.24, 2.45) is 5.16 Å². The van der Waals surface area contributed by atoms with Gasteiger partial charge in [-0.1, -0.05) is 5.16 Å². The Bertz CT molecular complexity index is 549. The molecule has 8 nitrogen and oxygen atoms in total. The van der Waals surface area contributed by atoms with Crippen LogP contribution in [0, 0.1) is 0 Å². The number of carbonyl (C=O) groups excluding carboxylic acids is 2. The molecular weight excluding hydrogens is 266 g/mol. The third kappa shape index (κ3) is 4.56. The second-order valence-electron chi connectivity index (χ2n) is 4.77. The van der Waals surface area contributed by atoms with Crippen molar-refractivity contribution in [3.05, 3.63) is 23.4 Å². The molecule has 0 aliphatic carbocycles. The number of oxime groups is 1. The van der Waals surface area contributed by atoms with Gasteiger partial charge in [-0.15, -0.1) is 0 Å². The van der Waals surface area contributed by atoms with Crippen LogP contribution in [0.15, 0.2) is 17.3 Å². The minimum atomic E-state index is -1.12. The van der Waals surface area contributed by atoms with Gasteiger partial charge in [-0.2, -0.15) is 0 Å². The third-order valence-corrected chi connectivity index (χ3v) is 1.92. The zero-order valence-corrected chi connectivity index (χ0v) is 11.3. The second-order valence-corrected chi connectivity index (χ2v) is 4.77. The molecule has 0 aromatic carbocycles. The first kappa shape index (κ1) is 15.4. The number of ether oxygens (including phenoxy) is 2. The van der Waals surface area contributed by atoms with E-state index in [0.29, 0.717) is 0 Å². The third-order valence-electron chi connectivity index (χ3n) is 1.92. The molecule has 0 aliphatic heterocycles. The van der Waals surface area contributed by atoms with E-state index in [0.717, 1.165) is 6.21 Å². The lowest BCUT2D eigenvalue weighted by molar-refractivity contribution is -0.00150. The van der Waals surface area contributed by atoms with Crippen LogP contribution in [0.5, 0.6) is 0 Å². The molecule has 1 heterocycles. The Morgan fingerprint density at radius 2 is 2.05 bits per heavy atom. The molecule has 8 heteroatoms. The maximum absolute atomic E-state index is 11.7. The van der Waals surface area contributed by atoms with Crippen molar-refractivity contribution in [2.45, 2.75) is 26.4 Å². The van der Waals surface area contributed by atoms with Crippen molar-refractivity contribution in [2.75, 3.05) is 5.73 Å². The molecule has 0 unspecified atom stereocenters. The molecule has 0 fully saturated rings. The lowest BCUT2D eigenvalue weighted by atomic mass is 10.2. The minimum Gasteiger partial charge on any atom is -0.428 e. The topological polar surface area (TPSA) is 124 Å². The molecule has 0 radical (unpaired) electrons. The summed E-state index contributed by atoms with van der Waals surface area (Å²) >= 11 is 0. The second kappa shape index (κ2) is 6.00. The summed E-state index contributed by atoms with van der Waals surface area (Å²) in [6.45, 7) is 4.91. The summed E-state index contributed by atoms with van der Waals surface area (Å²) < 4.78 is 9.32. The molecule has 0 saturated heterocycles. The van der Waals surface area contributed by atoms with Crippen LogP contribution in [0.4, 0.5) is 10.6 Å². The number of hydrogen-bond donors (Lipinski definition) is 2. The summed E-state index contributed by atoms with van der Waals surface area (Å²) in [6.07, 6.45) is -0.0813. The van der Waals surface area contributed by atoms with Gasteiger partial charge in [-0.05, 0) is 32.9 Å². The zero-order valence-electron chi connectivity index (χ0n) is 11.3. The Morgan fingerprint density at radius 3 is 2.55 bits per heavy atom. The summed E-state index contributed by atoms with van der Waals surface area (Å²) in [7, 11) is 0. The fourth-order valence-corrected chi connectivity index (χ4v) is 1.20. The fraction of sp³-hybridized carbons (Fsp3) is 0.333. The van der Waals surface area contributed by atoms with Crippen molar-refractivity contribution in [1.29, 1.82) is 0 Å². The fourth-order valence-electron chi connectivity index (χ4n) is 1.20. The monoisotopic (exact) mass is 281 g/mol. The highest BCUT2D eigenvalue weighted by Crippen LogP contribution is 2.13. The average Bonchev–Trinajstić information content (AvgIpc) is 2.26. The highest BCUT2D eigenvalue weighted by molar-refractivity contribution is 5.99. The number of esters is 1. The van der Waals surface area contributed by atoms with E-state index in [2.05, 4.69) is 14.9 Å². The number of anilines is 1. The van der Waals surface area contributed by atoms with Gasteiger partial charge in [0.15, 0.2) is 0 Å². The van der Waals surface area contributed by atoms with Crippen LogP contribution in [-0.2, 0) is 9.47 Å². The maximum atomic E-state index is 11.7. The van der Waals surface area contributed by atoms with E-state index in [-0.39, 0.29) is 17.1 Å². The van der Waals surface area contributed by atoms with Crippen LogP contribution in [0.25, 0.3) is 0 Å². The van der Waals surface area contributed by atoms with Gasteiger partial charge in [-0.25, -0.2) is 14.6 Å². The van der Waals surface area contributed by atoms with Gasteiger partial charge < -0.3 is 20.4 Å². The molecule has 108 valence electrons. The smallest absolute Gasteiger partial charge is 0.428 e. The molecule has 20 heavy (non-hydrogen) atoms. The van der Waals surface area contributed by atoms with E-state index in [1.54, 1.807) is 20.8 Å². The largest absolute Gasteiger partial charge is 0.516 e. The van der Waals surface area contributed by atoms with Crippen molar-refractivity contribution >= 4 is 24.2 Å². The first-order valence-electron chi connectivity index (χ1n) is 5.62. The Balaban J connectivity index is 2.80.